The second-order valence-corrected chi connectivity index (χ2v) is 6.83. The molecule has 0 aromatic heterocycles. The van der Waals surface area contributed by atoms with Crippen molar-refractivity contribution >= 4 is 34.5 Å². The fourth-order valence-electron chi connectivity index (χ4n) is 2.73. The number of halogens is 1. The Hall–Kier alpha value is -3.26. The Morgan fingerprint density at radius 1 is 1.25 bits per heavy atom. The van der Waals surface area contributed by atoms with Crippen LogP contribution in [0.3, 0.4) is 0 Å². The van der Waals surface area contributed by atoms with Crippen molar-refractivity contribution in [3.63, 3.8) is 0 Å². The van der Waals surface area contributed by atoms with E-state index in [-0.39, 0.29) is 23.2 Å². The molecule has 2 aromatic carbocycles. The van der Waals surface area contributed by atoms with Crippen LogP contribution < -0.4 is 9.47 Å². The molecule has 4 rings (SSSR count). The predicted octanol–water partition coefficient (Wildman–Crippen LogP) is 4.36. The molecule has 2 aliphatic heterocycles. The van der Waals surface area contributed by atoms with Gasteiger partial charge in [0.15, 0.2) is 11.5 Å². The lowest BCUT2D eigenvalue weighted by atomic mass is 10.1. The second kappa shape index (κ2) is 7.40. The fourth-order valence-corrected chi connectivity index (χ4v) is 3.76. The summed E-state index contributed by atoms with van der Waals surface area (Å²) < 4.78 is 28.7. The summed E-state index contributed by atoms with van der Waals surface area (Å²) >= 11 is 1.11. The fraction of sp³-hybridized carbons (Fsp3) is 0.100. The molecular weight excluding hydrogens is 385 g/mol. The number of hydrogen-bond acceptors (Lipinski definition) is 7. The zero-order chi connectivity index (χ0) is 19.7. The Labute approximate surface area is 163 Å². The standard InChI is InChI=1S/C20H14FNO5S/c1-25-20(24)16-17(23)15(9-11-3-2-4-14-18(11)27-10-26-14)28-19(16)22-13-7-5-12(21)6-8-13/h2-9,23H,10H2,1H3. The molecule has 0 aliphatic carbocycles. The van der Waals surface area contributed by atoms with Gasteiger partial charge in [-0.15, -0.1) is 0 Å². The van der Waals surface area contributed by atoms with Gasteiger partial charge < -0.3 is 19.3 Å². The number of benzene rings is 2. The van der Waals surface area contributed by atoms with Crippen LogP contribution in [0.25, 0.3) is 6.08 Å². The smallest absolute Gasteiger partial charge is 0.344 e. The van der Waals surface area contributed by atoms with E-state index in [4.69, 9.17) is 14.2 Å². The first-order valence-corrected chi connectivity index (χ1v) is 9.03. The molecule has 8 heteroatoms. The molecule has 0 fully saturated rings. The lowest BCUT2D eigenvalue weighted by molar-refractivity contribution is -0.135. The van der Waals surface area contributed by atoms with Gasteiger partial charge in [0.1, 0.15) is 22.2 Å². The van der Waals surface area contributed by atoms with Crippen LogP contribution >= 0.6 is 11.8 Å². The number of methoxy groups -OCH3 is 1. The molecule has 0 amide bonds. The van der Waals surface area contributed by atoms with Crippen molar-refractivity contribution in [3.8, 4) is 11.5 Å². The van der Waals surface area contributed by atoms with Crippen molar-refractivity contribution < 1.29 is 28.5 Å². The number of esters is 1. The summed E-state index contributed by atoms with van der Waals surface area (Å²) in [4.78, 5) is 17.0. The summed E-state index contributed by atoms with van der Waals surface area (Å²) in [6.07, 6.45) is 1.68. The van der Waals surface area contributed by atoms with E-state index in [2.05, 4.69) is 4.99 Å². The van der Waals surface area contributed by atoms with Crippen LogP contribution in [0, 0.1) is 5.82 Å². The molecule has 2 aliphatic rings. The van der Waals surface area contributed by atoms with Crippen molar-refractivity contribution in [2.45, 2.75) is 0 Å². The zero-order valence-electron chi connectivity index (χ0n) is 14.6. The Morgan fingerprint density at radius 3 is 2.79 bits per heavy atom. The number of aliphatic hydroxyl groups is 1. The van der Waals surface area contributed by atoms with Crippen molar-refractivity contribution in [3.05, 3.63) is 70.1 Å². The highest BCUT2D eigenvalue weighted by Gasteiger charge is 2.33. The van der Waals surface area contributed by atoms with Gasteiger partial charge in [0.2, 0.25) is 6.79 Å². The van der Waals surface area contributed by atoms with Crippen LogP contribution in [0.15, 0.2) is 63.7 Å². The number of nitrogens with zero attached hydrogens (tertiary/aromatic N) is 1. The summed E-state index contributed by atoms with van der Waals surface area (Å²) in [5.41, 5.74) is 1.08. The van der Waals surface area contributed by atoms with E-state index in [1.54, 1.807) is 24.3 Å². The molecule has 0 atom stereocenters. The molecule has 0 spiro atoms. The molecule has 0 saturated carbocycles. The SMILES string of the molecule is COC(=O)C1=C(O)C(=Cc2cccc3c2OCO3)SC1=Nc1ccc(F)cc1. The van der Waals surface area contributed by atoms with Gasteiger partial charge in [0, 0.05) is 5.56 Å². The molecule has 2 heterocycles. The van der Waals surface area contributed by atoms with Gasteiger partial charge in [-0.3, -0.25) is 0 Å². The highest BCUT2D eigenvalue weighted by Crippen LogP contribution is 2.43. The highest BCUT2D eigenvalue weighted by molar-refractivity contribution is 8.18. The number of rotatable bonds is 3. The number of carbonyl (C=O) groups is 1. The average molecular weight is 399 g/mol. The topological polar surface area (TPSA) is 77.4 Å². The normalized spacial score (nSPS) is 18.2. The van der Waals surface area contributed by atoms with Crippen LogP contribution in [0.2, 0.25) is 0 Å². The maximum absolute atomic E-state index is 13.1. The summed E-state index contributed by atoms with van der Waals surface area (Å²) in [5, 5.41) is 10.9. The molecule has 142 valence electrons. The molecule has 28 heavy (non-hydrogen) atoms. The third-order valence-electron chi connectivity index (χ3n) is 4.05. The number of ether oxygens (including phenoxy) is 3. The monoisotopic (exact) mass is 399 g/mol. The zero-order valence-corrected chi connectivity index (χ0v) is 15.5. The number of carbonyl (C=O) groups excluding carboxylic acids is 1. The maximum atomic E-state index is 13.1. The van der Waals surface area contributed by atoms with Gasteiger partial charge in [0.25, 0.3) is 0 Å². The molecule has 2 aromatic rings. The summed E-state index contributed by atoms with van der Waals surface area (Å²) in [6.45, 7) is 0.120. The molecule has 0 radical (unpaired) electrons. The molecule has 6 nitrogen and oxygen atoms in total. The van der Waals surface area contributed by atoms with Gasteiger partial charge in [-0.25, -0.2) is 14.2 Å². The summed E-state index contributed by atoms with van der Waals surface area (Å²) in [6, 6.07) is 10.9. The summed E-state index contributed by atoms with van der Waals surface area (Å²) in [5.74, 6) is -0.183. The predicted molar refractivity (Wildman–Crippen MR) is 103 cm³/mol. The quantitative estimate of drug-likeness (QED) is 0.773. The van der Waals surface area contributed by atoms with Gasteiger partial charge in [-0.05, 0) is 36.4 Å². The van der Waals surface area contributed by atoms with Crippen molar-refractivity contribution in [1.29, 1.82) is 0 Å². The average Bonchev–Trinajstić information content (AvgIpc) is 3.29. The van der Waals surface area contributed by atoms with Crippen LogP contribution in [-0.2, 0) is 9.53 Å². The Bertz CT molecular complexity index is 1040. The van der Waals surface area contributed by atoms with E-state index < -0.39 is 11.8 Å². The number of thioether (sulfide) groups is 1. The lowest BCUT2D eigenvalue weighted by Crippen LogP contribution is -2.10. The van der Waals surface area contributed by atoms with E-state index in [1.165, 1.54) is 31.4 Å². The van der Waals surface area contributed by atoms with Crippen molar-refractivity contribution in [2.24, 2.45) is 4.99 Å². The van der Waals surface area contributed by atoms with Gasteiger partial charge in [0.05, 0.1) is 17.7 Å². The second-order valence-electron chi connectivity index (χ2n) is 5.80. The first-order chi connectivity index (χ1) is 13.6. The minimum absolute atomic E-state index is 0.0483. The third kappa shape index (κ3) is 3.34. The van der Waals surface area contributed by atoms with Crippen LogP contribution in [0.4, 0.5) is 10.1 Å². The number of hydrogen-bond donors (Lipinski definition) is 1. The van der Waals surface area contributed by atoms with Crippen LogP contribution in [0.1, 0.15) is 5.56 Å². The minimum atomic E-state index is -0.716. The lowest BCUT2D eigenvalue weighted by Gasteiger charge is -2.02. The number of aliphatic hydroxyl groups excluding tert-OH is 1. The largest absolute Gasteiger partial charge is 0.506 e. The molecule has 1 N–H and O–H groups in total. The number of para-hydroxylation sites is 1. The first-order valence-electron chi connectivity index (χ1n) is 8.21. The van der Waals surface area contributed by atoms with Gasteiger partial charge >= 0.3 is 5.97 Å². The van der Waals surface area contributed by atoms with E-state index in [9.17, 15) is 14.3 Å². The van der Waals surface area contributed by atoms with Crippen LogP contribution in [-0.4, -0.2) is 30.0 Å². The van der Waals surface area contributed by atoms with E-state index >= 15 is 0 Å². The van der Waals surface area contributed by atoms with Gasteiger partial charge in [-0.2, -0.15) is 0 Å². The van der Waals surface area contributed by atoms with E-state index in [0.717, 1.165) is 11.8 Å². The number of aliphatic imine (C=N–C) groups is 1. The van der Waals surface area contributed by atoms with Gasteiger partial charge in [-0.1, -0.05) is 23.9 Å². The summed E-state index contributed by atoms with van der Waals surface area (Å²) in [7, 11) is 1.22. The Balaban J connectivity index is 1.76. The van der Waals surface area contributed by atoms with Crippen molar-refractivity contribution in [1.82, 2.24) is 0 Å². The molecular formula is C20H14FNO5S. The van der Waals surface area contributed by atoms with Crippen LogP contribution in [0.5, 0.6) is 11.5 Å². The molecule has 0 unspecified atom stereocenters. The molecule has 0 bridgehead atoms. The highest BCUT2D eigenvalue weighted by atomic mass is 32.2. The van der Waals surface area contributed by atoms with E-state index in [1.807, 2.05) is 0 Å². The molecule has 0 saturated heterocycles. The number of fused-ring (bicyclic) bond motifs is 1. The first kappa shape index (κ1) is 18.1. The van der Waals surface area contributed by atoms with E-state index in [0.29, 0.717) is 27.7 Å². The minimum Gasteiger partial charge on any atom is -0.506 e. The van der Waals surface area contributed by atoms with Crippen molar-refractivity contribution in [2.75, 3.05) is 13.9 Å². The Morgan fingerprint density at radius 2 is 2.04 bits per heavy atom. The maximum Gasteiger partial charge on any atom is 0.344 e. The Kier molecular flexibility index (Phi) is 4.79. The third-order valence-corrected chi connectivity index (χ3v) is 5.07.